The van der Waals surface area contributed by atoms with Gasteiger partial charge in [0.25, 0.3) is 0 Å². The average molecular weight is 295 g/mol. The minimum Gasteiger partial charge on any atom is -0.383 e. The van der Waals surface area contributed by atoms with Crippen LogP contribution in [0.1, 0.15) is 16.7 Å². The zero-order valence-corrected chi connectivity index (χ0v) is 11.0. The Hall–Kier alpha value is -1.42. The van der Waals surface area contributed by atoms with Crippen molar-refractivity contribution in [3.63, 3.8) is 0 Å². The van der Waals surface area contributed by atoms with E-state index in [1.165, 1.54) is 12.1 Å². The van der Waals surface area contributed by atoms with E-state index in [4.69, 9.17) is 5.73 Å². The van der Waals surface area contributed by atoms with Gasteiger partial charge in [0, 0.05) is 22.7 Å². The van der Waals surface area contributed by atoms with Gasteiger partial charge in [-0.3, -0.25) is 0 Å². The number of aromatic nitrogens is 1. The molecule has 4 heteroatoms. The van der Waals surface area contributed by atoms with Crippen molar-refractivity contribution in [2.24, 2.45) is 0 Å². The Balaban J connectivity index is 2.38. The summed E-state index contributed by atoms with van der Waals surface area (Å²) in [5.41, 5.74) is 8.92. The Morgan fingerprint density at radius 3 is 2.76 bits per heavy atom. The van der Waals surface area contributed by atoms with E-state index < -0.39 is 0 Å². The molecule has 0 aliphatic heterocycles. The maximum Gasteiger partial charge on any atom is 0.127 e. The molecule has 2 rings (SSSR count). The molecule has 0 unspecified atom stereocenters. The molecule has 88 valence electrons. The number of hydrogen-bond acceptors (Lipinski definition) is 2. The summed E-state index contributed by atoms with van der Waals surface area (Å²) in [6.45, 7) is 1.99. The number of nitrogens with zero attached hydrogens (tertiary/aromatic N) is 1. The van der Waals surface area contributed by atoms with Gasteiger partial charge in [0.15, 0.2) is 0 Å². The fraction of sp³-hybridized carbons (Fsp3) is 0.154. The van der Waals surface area contributed by atoms with Crippen molar-refractivity contribution in [3.8, 4) is 0 Å². The number of benzene rings is 1. The van der Waals surface area contributed by atoms with Crippen LogP contribution in [0.3, 0.4) is 0 Å². The number of pyridine rings is 1. The number of nitrogen functional groups attached to an aromatic ring is 1. The Morgan fingerprint density at radius 1 is 1.35 bits per heavy atom. The summed E-state index contributed by atoms with van der Waals surface area (Å²) in [5, 5.41) is 0. The summed E-state index contributed by atoms with van der Waals surface area (Å²) in [5.74, 6) is 0.276. The van der Waals surface area contributed by atoms with Crippen molar-refractivity contribution >= 4 is 21.7 Å². The summed E-state index contributed by atoms with van der Waals surface area (Å²) < 4.78 is 13.7. The van der Waals surface area contributed by atoms with Gasteiger partial charge < -0.3 is 5.73 Å². The molecule has 2 N–H and O–H groups in total. The molecule has 1 aromatic heterocycles. The monoisotopic (exact) mass is 294 g/mol. The molecule has 0 fully saturated rings. The number of halogens is 2. The Labute approximate surface area is 108 Å². The highest BCUT2D eigenvalue weighted by Crippen LogP contribution is 2.24. The van der Waals surface area contributed by atoms with Gasteiger partial charge in [0.05, 0.1) is 0 Å². The van der Waals surface area contributed by atoms with Crippen molar-refractivity contribution in [2.45, 2.75) is 13.3 Å². The molecule has 0 radical (unpaired) electrons. The number of anilines is 1. The van der Waals surface area contributed by atoms with Crippen LogP contribution in [-0.2, 0) is 6.42 Å². The molecular formula is C13H12BrFN2. The van der Waals surface area contributed by atoms with Crippen LogP contribution in [-0.4, -0.2) is 4.98 Å². The zero-order valence-electron chi connectivity index (χ0n) is 9.37. The lowest BCUT2D eigenvalue weighted by Gasteiger charge is -2.09. The van der Waals surface area contributed by atoms with Crippen molar-refractivity contribution in [1.29, 1.82) is 0 Å². The second kappa shape index (κ2) is 4.84. The molecular weight excluding hydrogens is 283 g/mol. The van der Waals surface area contributed by atoms with Crippen molar-refractivity contribution < 1.29 is 4.39 Å². The first-order chi connectivity index (χ1) is 8.08. The van der Waals surface area contributed by atoms with E-state index >= 15 is 0 Å². The summed E-state index contributed by atoms with van der Waals surface area (Å²) in [7, 11) is 0. The summed E-state index contributed by atoms with van der Waals surface area (Å²) >= 11 is 3.35. The first-order valence-electron chi connectivity index (χ1n) is 5.22. The summed E-state index contributed by atoms with van der Waals surface area (Å²) in [6.07, 6.45) is 2.33. The van der Waals surface area contributed by atoms with Crippen LogP contribution < -0.4 is 5.73 Å². The van der Waals surface area contributed by atoms with Crippen LogP contribution in [0, 0.1) is 12.7 Å². The number of hydrogen-bond donors (Lipinski definition) is 1. The lowest BCUT2D eigenvalue weighted by molar-refractivity contribution is 0.626. The molecule has 0 atom stereocenters. The van der Waals surface area contributed by atoms with E-state index in [1.54, 1.807) is 12.3 Å². The van der Waals surface area contributed by atoms with Crippen molar-refractivity contribution in [1.82, 2.24) is 4.98 Å². The van der Waals surface area contributed by atoms with E-state index in [0.29, 0.717) is 12.2 Å². The standard InChI is InChI=1S/C13H12BrFN2/c1-8-4-5-17-13(16)11(8)6-9-2-3-10(15)7-12(9)14/h2-5,7H,6H2,1H3,(H2,16,17). The molecule has 0 saturated heterocycles. The fourth-order valence-corrected chi connectivity index (χ4v) is 2.19. The van der Waals surface area contributed by atoms with E-state index in [1.807, 2.05) is 13.0 Å². The molecule has 1 aromatic carbocycles. The topological polar surface area (TPSA) is 38.9 Å². The normalized spacial score (nSPS) is 10.5. The van der Waals surface area contributed by atoms with Gasteiger partial charge in [0.1, 0.15) is 11.6 Å². The van der Waals surface area contributed by atoms with Gasteiger partial charge in [-0.1, -0.05) is 22.0 Å². The van der Waals surface area contributed by atoms with E-state index in [0.717, 1.165) is 21.2 Å². The maximum atomic E-state index is 13.0. The SMILES string of the molecule is Cc1ccnc(N)c1Cc1ccc(F)cc1Br. The van der Waals surface area contributed by atoms with Gasteiger partial charge in [-0.2, -0.15) is 0 Å². The van der Waals surface area contributed by atoms with Crippen LogP contribution in [0.4, 0.5) is 10.2 Å². The molecule has 0 aliphatic rings. The quantitative estimate of drug-likeness (QED) is 0.921. The second-order valence-corrected chi connectivity index (χ2v) is 4.76. The molecule has 0 bridgehead atoms. The first-order valence-corrected chi connectivity index (χ1v) is 6.01. The molecule has 0 aliphatic carbocycles. The molecule has 0 amide bonds. The third-order valence-corrected chi connectivity index (χ3v) is 3.44. The predicted octanol–water partition coefficient (Wildman–Crippen LogP) is 3.46. The third kappa shape index (κ3) is 2.64. The van der Waals surface area contributed by atoms with Gasteiger partial charge in [-0.05, 0) is 36.2 Å². The average Bonchev–Trinajstić information content (AvgIpc) is 2.26. The Bertz CT molecular complexity index is 535. The minimum atomic E-state index is -0.253. The fourth-order valence-electron chi connectivity index (χ4n) is 1.70. The summed E-state index contributed by atoms with van der Waals surface area (Å²) in [4.78, 5) is 4.07. The van der Waals surface area contributed by atoms with Crippen LogP contribution in [0.2, 0.25) is 0 Å². The smallest absolute Gasteiger partial charge is 0.127 e. The number of nitrogens with two attached hydrogens (primary N) is 1. The maximum absolute atomic E-state index is 13.0. The highest BCUT2D eigenvalue weighted by atomic mass is 79.9. The lowest BCUT2D eigenvalue weighted by Crippen LogP contribution is -2.01. The first kappa shape index (κ1) is 12.0. The number of aryl methyl sites for hydroxylation is 1. The Morgan fingerprint density at radius 2 is 2.12 bits per heavy atom. The minimum absolute atomic E-state index is 0.253. The lowest BCUT2D eigenvalue weighted by atomic mass is 10.0. The molecule has 2 aromatic rings. The molecule has 1 heterocycles. The predicted molar refractivity (Wildman–Crippen MR) is 70.3 cm³/mol. The largest absolute Gasteiger partial charge is 0.383 e. The summed E-state index contributed by atoms with van der Waals surface area (Å²) in [6, 6.07) is 6.58. The van der Waals surface area contributed by atoms with Crippen LogP contribution >= 0.6 is 15.9 Å². The van der Waals surface area contributed by atoms with Crippen LogP contribution in [0.15, 0.2) is 34.9 Å². The van der Waals surface area contributed by atoms with Crippen LogP contribution in [0.25, 0.3) is 0 Å². The molecule has 2 nitrogen and oxygen atoms in total. The zero-order chi connectivity index (χ0) is 12.4. The van der Waals surface area contributed by atoms with E-state index in [2.05, 4.69) is 20.9 Å². The van der Waals surface area contributed by atoms with E-state index in [9.17, 15) is 4.39 Å². The molecule has 0 spiro atoms. The second-order valence-electron chi connectivity index (χ2n) is 3.90. The molecule has 17 heavy (non-hydrogen) atoms. The molecule has 0 saturated carbocycles. The van der Waals surface area contributed by atoms with Gasteiger partial charge in [0.2, 0.25) is 0 Å². The highest BCUT2D eigenvalue weighted by molar-refractivity contribution is 9.10. The van der Waals surface area contributed by atoms with Crippen LogP contribution in [0.5, 0.6) is 0 Å². The van der Waals surface area contributed by atoms with Crippen molar-refractivity contribution in [2.75, 3.05) is 5.73 Å². The van der Waals surface area contributed by atoms with Gasteiger partial charge >= 0.3 is 0 Å². The Kier molecular flexibility index (Phi) is 3.43. The van der Waals surface area contributed by atoms with E-state index in [-0.39, 0.29) is 5.82 Å². The van der Waals surface area contributed by atoms with Gasteiger partial charge in [-0.15, -0.1) is 0 Å². The van der Waals surface area contributed by atoms with Crippen molar-refractivity contribution in [3.05, 3.63) is 57.4 Å². The third-order valence-electron chi connectivity index (χ3n) is 2.71. The number of rotatable bonds is 2. The van der Waals surface area contributed by atoms with Gasteiger partial charge in [-0.25, -0.2) is 9.37 Å². The highest BCUT2D eigenvalue weighted by Gasteiger charge is 2.08.